The van der Waals surface area contributed by atoms with Gasteiger partial charge in [0.2, 0.25) is 0 Å². The zero-order chi connectivity index (χ0) is 14.8. The van der Waals surface area contributed by atoms with Crippen LogP contribution in [0.5, 0.6) is 0 Å². The predicted octanol–water partition coefficient (Wildman–Crippen LogP) is 4.21. The minimum absolute atomic E-state index is 0.149. The van der Waals surface area contributed by atoms with Gasteiger partial charge in [0.25, 0.3) is 0 Å². The first kappa shape index (κ1) is 16.4. The molecule has 2 rings (SSSR count). The van der Waals surface area contributed by atoms with Gasteiger partial charge in [0.15, 0.2) is 0 Å². The molecule has 1 fully saturated rings. The lowest BCUT2D eigenvalue weighted by Crippen LogP contribution is -2.36. The Labute approximate surface area is 136 Å². The van der Waals surface area contributed by atoms with Crippen LogP contribution in [0.3, 0.4) is 0 Å². The number of benzene rings is 1. The molecule has 1 unspecified atom stereocenters. The van der Waals surface area contributed by atoms with E-state index < -0.39 is 0 Å². The molecule has 0 saturated carbocycles. The number of thioether (sulfide) groups is 1. The highest BCUT2D eigenvalue weighted by Gasteiger charge is 2.28. The molecule has 0 amide bonds. The van der Waals surface area contributed by atoms with Gasteiger partial charge in [0, 0.05) is 36.2 Å². The number of hydrogen-bond acceptors (Lipinski definition) is 3. The summed E-state index contributed by atoms with van der Waals surface area (Å²) in [6.07, 6.45) is 1.16. The molecule has 0 aromatic heterocycles. The predicted molar refractivity (Wildman–Crippen MR) is 91.0 cm³/mol. The second-order valence-electron chi connectivity index (χ2n) is 5.79. The normalized spacial score (nSPS) is 21.4. The van der Waals surface area contributed by atoms with Crippen LogP contribution in [0.25, 0.3) is 0 Å². The lowest BCUT2D eigenvalue weighted by Gasteiger charge is -2.31. The average molecular weight is 333 g/mol. The maximum absolute atomic E-state index is 6.36. The van der Waals surface area contributed by atoms with Crippen molar-refractivity contribution in [2.24, 2.45) is 5.73 Å². The van der Waals surface area contributed by atoms with Crippen LogP contribution in [0.2, 0.25) is 10.0 Å². The van der Waals surface area contributed by atoms with Gasteiger partial charge >= 0.3 is 0 Å². The molecule has 1 aliphatic rings. The van der Waals surface area contributed by atoms with Gasteiger partial charge in [-0.1, -0.05) is 49.2 Å². The average Bonchev–Trinajstić information content (AvgIpc) is 2.57. The van der Waals surface area contributed by atoms with E-state index in [1.807, 2.05) is 30.0 Å². The van der Waals surface area contributed by atoms with Gasteiger partial charge in [-0.2, -0.15) is 11.8 Å². The van der Waals surface area contributed by atoms with E-state index >= 15 is 0 Å². The molecule has 0 spiro atoms. The minimum Gasteiger partial charge on any atom is -0.329 e. The maximum Gasteiger partial charge on any atom is 0.0640 e. The molecule has 20 heavy (non-hydrogen) atoms. The molecule has 1 heterocycles. The second-order valence-corrected chi connectivity index (χ2v) is 8.38. The molecule has 0 radical (unpaired) electrons. The Bertz CT molecular complexity index is 465. The van der Waals surface area contributed by atoms with Gasteiger partial charge in [-0.3, -0.25) is 4.90 Å². The second kappa shape index (κ2) is 6.89. The Morgan fingerprint density at radius 3 is 2.80 bits per heavy atom. The molecule has 1 aromatic rings. The molecule has 0 bridgehead atoms. The third-order valence-corrected chi connectivity index (χ3v) is 6.08. The number of rotatable bonds is 3. The highest BCUT2D eigenvalue weighted by Crippen LogP contribution is 2.36. The van der Waals surface area contributed by atoms with Crippen molar-refractivity contribution in [3.05, 3.63) is 33.8 Å². The van der Waals surface area contributed by atoms with E-state index in [4.69, 9.17) is 28.9 Å². The fraction of sp³-hybridized carbons (Fsp3) is 0.600. The van der Waals surface area contributed by atoms with E-state index in [0.717, 1.165) is 30.8 Å². The lowest BCUT2D eigenvalue weighted by atomic mass is 10.0. The summed E-state index contributed by atoms with van der Waals surface area (Å²) in [5.74, 6) is 1.13. The summed E-state index contributed by atoms with van der Waals surface area (Å²) < 4.78 is 0.339. The first-order valence-electron chi connectivity index (χ1n) is 6.96. The van der Waals surface area contributed by atoms with Gasteiger partial charge in [-0.05, 0) is 18.1 Å². The SMILES string of the molecule is CC1(C)CCN(C(CN)c2cccc(Cl)c2Cl)CCS1. The van der Waals surface area contributed by atoms with Crippen LogP contribution in [-0.4, -0.2) is 35.0 Å². The van der Waals surface area contributed by atoms with Gasteiger partial charge in [0.1, 0.15) is 0 Å². The third kappa shape index (κ3) is 3.83. The molecular weight excluding hydrogens is 311 g/mol. The zero-order valence-electron chi connectivity index (χ0n) is 12.0. The lowest BCUT2D eigenvalue weighted by molar-refractivity contribution is 0.211. The van der Waals surface area contributed by atoms with Gasteiger partial charge < -0.3 is 5.73 Å². The summed E-state index contributed by atoms with van der Waals surface area (Å²) in [4.78, 5) is 2.44. The standard InChI is InChI=1S/C15H22Cl2N2S/c1-15(2)6-7-19(8-9-20-15)13(10-18)11-4-3-5-12(16)14(11)17/h3-5,13H,6-10,18H2,1-2H3. The first-order chi connectivity index (χ1) is 9.44. The van der Waals surface area contributed by atoms with Crippen LogP contribution in [0.1, 0.15) is 31.9 Å². The largest absolute Gasteiger partial charge is 0.329 e. The Hall–Kier alpha value is 0.0700. The summed E-state index contributed by atoms with van der Waals surface area (Å²) in [6.45, 7) is 7.27. The van der Waals surface area contributed by atoms with E-state index in [-0.39, 0.29) is 6.04 Å². The maximum atomic E-state index is 6.36. The van der Waals surface area contributed by atoms with Crippen molar-refractivity contribution >= 4 is 35.0 Å². The Morgan fingerprint density at radius 1 is 1.35 bits per heavy atom. The van der Waals surface area contributed by atoms with Crippen molar-refractivity contribution < 1.29 is 0 Å². The smallest absolute Gasteiger partial charge is 0.0640 e. The van der Waals surface area contributed by atoms with E-state index in [1.54, 1.807) is 0 Å². The minimum atomic E-state index is 0.149. The van der Waals surface area contributed by atoms with E-state index in [2.05, 4.69) is 18.7 Å². The zero-order valence-corrected chi connectivity index (χ0v) is 14.4. The number of hydrogen-bond donors (Lipinski definition) is 1. The number of nitrogens with two attached hydrogens (primary N) is 1. The summed E-state index contributed by atoms with van der Waals surface area (Å²) in [6, 6.07) is 5.95. The Morgan fingerprint density at radius 2 is 2.10 bits per heavy atom. The fourth-order valence-corrected chi connectivity index (χ4v) is 4.15. The molecule has 112 valence electrons. The van der Waals surface area contributed by atoms with Gasteiger partial charge in [-0.25, -0.2) is 0 Å². The third-order valence-electron chi connectivity index (χ3n) is 3.88. The molecule has 5 heteroatoms. The van der Waals surface area contributed by atoms with Crippen molar-refractivity contribution in [3.8, 4) is 0 Å². The molecule has 1 aliphatic heterocycles. The molecule has 1 atom stereocenters. The Balaban J connectivity index is 2.21. The Kier molecular flexibility index (Phi) is 5.66. The molecule has 1 saturated heterocycles. The molecular formula is C15H22Cl2N2S. The van der Waals surface area contributed by atoms with Gasteiger partial charge in [0.05, 0.1) is 10.0 Å². The number of nitrogens with zero attached hydrogens (tertiary/aromatic N) is 1. The summed E-state index contributed by atoms with van der Waals surface area (Å²) >= 11 is 14.5. The van der Waals surface area contributed by atoms with Crippen molar-refractivity contribution in [2.75, 3.05) is 25.4 Å². The van der Waals surface area contributed by atoms with Crippen molar-refractivity contribution in [1.82, 2.24) is 4.90 Å². The van der Waals surface area contributed by atoms with Crippen LogP contribution in [0, 0.1) is 0 Å². The van der Waals surface area contributed by atoms with Crippen LogP contribution in [-0.2, 0) is 0 Å². The quantitative estimate of drug-likeness (QED) is 0.898. The monoisotopic (exact) mass is 332 g/mol. The van der Waals surface area contributed by atoms with E-state index in [0.29, 0.717) is 21.3 Å². The summed E-state index contributed by atoms with van der Waals surface area (Å²) in [5, 5.41) is 1.24. The van der Waals surface area contributed by atoms with Crippen molar-refractivity contribution in [3.63, 3.8) is 0 Å². The van der Waals surface area contributed by atoms with E-state index in [9.17, 15) is 0 Å². The van der Waals surface area contributed by atoms with Crippen LogP contribution in [0.4, 0.5) is 0 Å². The molecule has 2 N–H and O–H groups in total. The fourth-order valence-electron chi connectivity index (χ4n) is 2.60. The van der Waals surface area contributed by atoms with Crippen LogP contribution >= 0.6 is 35.0 Å². The summed E-state index contributed by atoms with van der Waals surface area (Å²) in [7, 11) is 0. The van der Waals surface area contributed by atoms with Crippen LogP contribution < -0.4 is 5.73 Å². The topological polar surface area (TPSA) is 29.3 Å². The van der Waals surface area contributed by atoms with Gasteiger partial charge in [-0.15, -0.1) is 0 Å². The molecule has 2 nitrogen and oxygen atoms in total. The highest BCUT2D eigenvalue weighted by molar-refractivity contribution is 8.00. The summed E-state index contributed by atoms with van der Waals surface area (Å²) in [5.41, 5.74) is 7.07. The van der Waals surface area contributed by atoms with E-state index in [1.165, 1.54) is 0 Å². The molecule has 1 aromatic carbocycles. The van der Waals surface area contributed by atoms with Crippen LogP contribution in [0.15, 0.2) is 18.2 Å². The van der Waals surface area contributed by atoms with Crippen molar-refractivity contribution in [1.29, 1.82) is 0 Å². The molecule has 0 aliphatic carbocycles. The first-order valence-corrected chi connectivity index (χ1v) is 8.71. The number of halogens is 2. The van der Waals surface area contributed by atoms with Crippen molar-refractivity contribution in [2.45, 2.75) is 31.1 Å². The highest BCUT2D eigenvalue weighted by atomic mass is 35.5.